The van der Waals surface area contributed by atoms with E-state index in [9.17, 15) is 4.79 Å². The number of hydrogen-bond acceptors (Lipinski definition) is 3. The summed E-state index contributed by atoms with van der Waals surface area (Å²) in [5.74, 6) is -0.483. The maximum Gasteiger partial charge on any atom is 0.318 e. The Kier molecular flexibility index (Phi) is 2.08. The van der Waals surface area contributed by atoms with Gasteiger partial charge in [-0.3, -0.25) is 9.79 Å². The SMILES string of the molecule is COC(=O)C1C=C(C)N=C1C. The predicted octanol–water partition coefficient (Wildman–Crippen LogP) is 1.15. The molecule has 0 saturated carbocycles. The van der Waals surface area contributed by atoms with Crippen molar-refractivity contribution in [2.45, 2.75) is 13.8 Å². The van der Waals surface area contributed by atoms with Gasteiger partial charge >= 0.3 is 5.97 Å². The molecule has 1 rings (SSSR count). The Labute approximate surface area is 65.8 Å². The molecule has 1 unspecified atom stereocenters. The van der Waals surface area contributed by atoms with Crippen molar-refractivity contribution in [2.24, 2.45) is 10.9 Å². The summed E-state index contributed by atoms with van der Waals surface area (Å²) in [4.78, 5) is 15.1. The number of rotatable bonds is 1. The van der Waals surface area contributed by atoms with E-state index in [-0.39, 0.29) is 11.9 Å². The third-order valence-corrected chi connectivity index (χ3v) is 1.67. The van der Waals surface area contributed by atoms with Gasteiger partial charge in [0, 0.05) is 11.4 Å². The van der Waals surface area contributed by atoms with Gasteiger partial charge in [-0.2, -0.15) is 0 Å². The predicted molar refractivity (Wildman–Crippen MR) is 42.4 cm³/mol. The molecule has 3 nitrogen and oxygen atoms in total. The average molecular weight is 153 g/mol. The first kappa shape index (κ1) is 7.98. The summed E-state index contributed by atoms with van der Waals surface area (Å²) in [6.45, 7) is 3.70. The maximum atomic E-state index is 11.0. The van der Waals surface area contributed by atoms with Crippen LogP contribution in [0, 0.1) is 5.92 Å². The van der Waals surface area contributed by atoms with Crippen LogP contribution < -0.4 is 0 Å². The Morgan fingerprint density at radius 1 is 1.64 bits per heavy atom. The van der Waals surface area contributed by atoms with Crippen molar-refractivity contribution in [3.8, 4) is 0 Å². The number of esters is 1. The van der Waals surface area contributed by atoms with E-state index in [0.29, 0.717) is 0 Å². The second-order valence-electron chi connectivity index (χ2n) is 2.56. The van der Waals surface area contributed by atoms with Crippen LogP contribution in [0.4, 0.5) is 0 Å². The van der Waals surface area contributed by atoms with Crippen molar-refractivity contribution < 1.29 is 9.53 Å². The number of carbonyl (C=O) groups is 1. The lowest BCUT2D eigenvalue weighted by atomic mass is 10.1. The van der Waals surface area contributed by atoms with Gasteiger partial charge in [-0.25, -0.2) is 0 Å². The van der Waals surface area contributed by atoms with Crippen molar-refractivity contribution in [3.63, 3.8) is 0 Å². The van der Waals surface area contributed by atoms with Gasteiger partial charge in [-0.05, 0) is 19.9 Å². The van der Waals surface area contributed by atoms with Crippen LogP contribution in [0.1, 0.15) is 13.8 Å². The Morgan fingerprint density at radius 3 is 2.64 bits per heavy atom. The van der Waals surface area contributed by atoms with Gasteiger partial charge in [-0.15, -0.1) is 0 Å². The van der Waals surface area contributed by atoms with Gasteiger partial charge in [-0.1, -0.05) is 0 Å². The number of allylic oxidation sites excluding steroid dienone is 1. The molecule has 3 heteroatoms. The number of nitrogens with zero attached hydrogens (tertiary/aromatic N) is 1. The Bertz CT molecular complexity index is 240. The fraction of sp³-hybridized carbons (Fsp3) is 0.500. The van der Waals surface area contributed by atoms with Crippen molar-refractivity contribution in [3.05, 3.63) is 11.8 Å². The highest BCUT2D eigenvalue weighted by atomic mass is 16.5. The van der Waals surface area contributed by atoms with Gasteiger partial charge < -0.3 is 4.74 Å². The molecule has 0 aromatic rings. The maximum absolute atomic E-state index is 11.0. The number of ether oxygens (including phenoxy) is 1. The van der Waals surface area contributed by atoms with Crippen molar-refractivity contribution in [1.29, 1.82) is 0 Å². The molecular formula is C8H11NO2. The second kappa shape index (κ2) is 2.86. The number of hydrogen-bond donors (Lipinski definition) is 0. The third kappa shape index (κ3) is 1.48. The topological polar surface area (TPSA) is 38.7 Å². The number of aliphatic imine (C=N–C) groups is 1. The van der Waals surface area contributed by atoms with Crippen LogP contribution in [0.2, 0.25) is 0 Å². The van der Waals surface area contributed by atoms with E-state index in [0.717, 1.165) is 11.4 Å². The summed E-state index contributed by atoms with van der Waals surface area (Å²) in [6, 6.07) is 0. The first-order chi connectivity index (χ1) is 5.15. The first-order valence-corrected chi connectivity index (χ1v) is 3.46. The third-order valence-electron chi connectivity index (χ3n) is 1.67. The molecule has 0 saturated heterocycles. The highest BCUT2D eigenvalue weighted by molar-refractivity contribution is 6.04. The quantitative estimate of drug-likeness (QED) is 0.530. The molecule has 0 aliphatic carbocycles. The molecule has 0 aromatic carbocycles. The van der Waals surface area contributed by atoms with Crippen molar-refractivity contribution in [2.75, 3.05) is 7.11 Å². The molecule has 0 spiro atoms. The van der Waals surface area contributed by atoms with Gasteiger partial charge in [0.1, 0.15) is 5.92 Å². The van der Waals surface area contributed by atoms with E-state index < -0.39 is 0 Å². The Hall–Kier alpha value is -1.12. The van der Waals surface area contributed by atoms with E-state index in [1.807, 2.05) is 13.8 Å². The van der Waals surface area contributed by atoms with Crippen molar-refractivity contribution in [1.82, 2.24) is 0 Å². The lowest BCUT2D eigenvalue weighted by molar-refractivity contribution is -0.141. The molecule has 1 aliphatic heterocycles. The lowest BCUT2D eigenvalue weighted by Crippen LogP contribution is -2.18. The molecule has 0 bridgehead atoms. The van der Waals surface area contributed by atoms with E-state index in [1.54, 1.807) is 6.08 Å². The number of methoxy groups -OCH3 is 1. The van der Waals surface area contributed by atoms with Crippen LogP contribution in [-0.4, -0.2) is 18.8 Å². The Morgan fingerprint density at radius 2 is 2.27 bits per heavy atom. The standard InChI is InChI=1S/C8H11NO2/c1-5-4-7(6(2)9-5)8(10)11-3/h4,7H,1-3H3. The monoisotopic (exact) mass is 153 g/mol. The summed E-state index contributed by atoms with van der Waals surface area (Å²) in [6.07, 6.45) is 1.81. The largest absolute Gasteiger partial charge is 0.468 e. The molecule has 0 amide bonds. The van der Waals surface area contributed by atoms with Crippen LogP contribution in [0.3, 0.4) is 0 Å². The molecule has 0 fully saturated rings. The van der Waals surface area contributed by atoms with E-state index in [4.69, 9.17) is 0 Å². The fourth-order valence-electron chi connectivity index (χ4n) is 1.11. The normalized spacial score (nSPS) is 22.6. The minimum atomic E-state index is -0.250. The summed E-state index contributed by atoms with van der Waals surface area (Å²) in [5, 5.41) is 0. The summed E-state index contributed by atoms with van der Waals surface area (Å²) < 4.78 is 4.59. The first-order valence-electron chi connectivity index (χ1n) is 3.46. The molecule has 0 N–H and O–H groups in total. The summed E-state index contributed by atoms with van der Waals surface area (Å²) in [7, 11) is 1.39. The molecule has 1 heterocycles. The molecule has 0 aromatic heterocycles. The van der Waals surface area contributed by atoms with E-state index >= 15 is 0 Å². The van der Waals surface area contributed by atoms with Gasteiger partial charge in [0.2, 0.25) is 0 Å². The fourth-order valence-corrected chi connectivity index (χ4v) is 1.11. The summed E-state index contributed by atoms with van der Waals surface area (Å²) >= 11 is 0. The van der Waals surface area contributed by atoms with Crippen LogP contribution in [0.15, 0.2) is 16.8 Å². The minimum absolute atomic E-state index is 0.233. The van der Waals surface area contributed by atoms with Gasteiger partial charge in [0.25, 0.3) is 0 Å². The molecule has 0 radical (unpaired) electrons. The molecular weight excluding hydrogens is 142 g/mol. The Balaban J connectivity index is 2.77. The van der Waals surface area contributed by atoms with Crippen LogP contribution in [0.5, 0.6) is 0 Å². The highest BCUT2D eigenvalue weighted by Crippen LogP contribution is 2.17. The molecule has 1 atom stereocenters. The van der Waals surface area contributed by atoms with Crippen molar-refractivity contribution >= 4 is 11.7 Å². The second-order valence-corrected chi connectivity index (χ2v) is 2.56. The van der Waals surface area contributed by atoms with Gasteiger partial charge in [0.05, 0.1) is 7.11 Å². The van der Waals surface area contributed by atoms with Gasteiger partial charge in [0.15, 0.2) is 0 Å². The minimum Gasteiger partial charge on any atom is -0.468 e. The average Bonchev–Trinajstić information content (AvgIpc) is 2.28. The van der Waals surface area contributed by atoms with E-state index in [2.05, 4.69) is 9.73 Å². The molecule has 1 aliphatic rings. The smallest absolute Gasteiger partial charge is 0.318 e. The van der Waals surface area contributed by atoms with Crippen LogP contribution >= 0.6 is 0 Å². The van der Waals surface area contributed by atoms with Crippen LogP contribution in [-0.2, 0) is 9.53 Å². The lowest BCUT2D eigenvalue weighted by Gasteiger charge is -2.03. The zero-order chi connectivity index (χ0) is 8.43. The zero-order valence-corrected chi connectivity index (χ0v) is 6.92. The molecule has 11 heavy (non-hydrogen) atoms. The van der Waals surface area contributed by atoms with Crippen LogP contribution in [0.25, 0.3) is 0 Å². The summed E-state index contributed by atoms with van der Waals surface area (Å²) in [5.41, 5.74) is 1.70. The highest BCUT2D eigenvalue weighted by Gasteiger charge is 2.23. The number of carbonyl (C=O) groups excluding carboxylic acids is 1. The van der Waals surface area contributed by atoms with E-state index in [1.165, 1.54) is 7.11 Å². The molecule has 60 valence electrons. The zero-order valence-electron chi connectivity index (χ0n) is 6.92.